The largest absolute Gasteiger partial charge is 0.394 e. The first-order valence-corrected chi connectivity index (χ1v) is 5.76. The number of nitrogens with zero attached hydrogens (tertiary/aromatic N) is 1. The van der Waals surface area contributed by atoms with Gasteiger partial charge in [-0.1, -0.05) is 13.8 Å². The predicted octanol–water partition coefficient (Wildman–Crippen LogP) is 3.55. The number of piperidine rings is 1. The molecule has 0 amide bonds. The van der Waals surface area contributed by atoms with Gasteiger partial charge in [0.2, 0.25) is 0 Å². The highest BCUT2D eigenvalue weighted by atomic mass is 19.4. The summed E-state index contributed by atoms with van der Waals surface area (Å²) < 4.78 is 63.5. The van der Waals surface area contributed by atoms with E-state index in [2.05, 4.69) is 0 Å². The number of alkyl halides is 5. The molecule has 1 aliphatic rings. The lowest BCUT2D eigenvalue weighted by Crippen LogP contribution is -2.51. The Hall–Kier alpha value is -0.390. The summed E-state index contributed by atoms with van der Waals surface area (Å²) in [5.74, 6) is -0.517. The zero-order valence-electron chi connectivity index (χ0n) is 10.0. The van der Waals surface area contributed by atoms with Crippen LogP contribution < -0.4 is 0 Å². The van der Waals surface area contributed by atoms with Crippen molar-refractivity contribution >= 4 is 0 Å². The van der Waals surface area contributed by atoms with E-state index in [0.29, 0.717) is 0 Å². The van der Waals surface area contributed by atoms with Crippen LogP contribution in [0.4, 0.5) is 22.0 Å². The van der Waals surface area contributed by atoms with Crippen LogP contribution >= 0.6 is 0 Å². The average molecular weight is 259 g/mol. The molecule has 1 rings (SSSR count). The molecule has 1 heterocycles. The van der Waals surface area contributed by atoms with Crippen LogP contribution in [-0.2, 0) is 0 Å². The summed E-state index contributed by atoms with van der Waals surface area (Å²) in [6.45, 7) is 2.88. The minimum atomic E-state index is -4.25. The van der Waals surface area contributed by atoms with Crippen LogP contribution in [0, 0.1) is 11.3 Å². The fourth-order valence-electron chi connectivity index (χ4n) is 2.52. The molecular weight excluding hydrogens is 241 g/mol. The van der Waals surface area contributed by atoms with Crippen molar-refractivity contribution in [3.63, 3.8) is 0 Å². The highest BCUT2D eigenvalue weighted by Crippen LogP contribution is 2.51. The van der Waals surface area contributed by atoms with Crippen molar-refractivity contribution < 1.29 is 22.0 Å². The molecular formula is C11H18F5N. The van der Waals surface area contributed by atoms with Gasteiger partial charge >= 0.3 is 6.18 Å². The zero-order chi connectivity index (χ0) is 13.3. The summed E-state index contributed by atoms with van der Waals surface area (Å²) in [7, 11) is 0. The van der Waals surface area contributed by atoms with Crippen molar-refractivity contribution in [2.75, 3.05) is 19.6 Å². The van der Waals surface area contributed by atoms with Crippen LogP contribution in [0.3, 0.4) is 0 Å². The quantitative estimate of drug-likeness (QED) is 0.700. The number of hydrogen-bond donors (Lipinski definition) is 0. The van der Waals surface area contributed by atoms with Gasteiger partial charge in [0, 0.05) is 0 Å². The molecule has 1 saturated heterocycles. The number of rotatable bonds is 3. The minimum Gasteiger partial charge on any atom is -0.298 e. The topological polar surface area (TPSA) is 3.24 Å². The molecule has 1 nitrogen and oxygen atoms in total. The predicted molar refractivity (Wildman–Crippen MR) is 55.0 cm³/mol. The van der Waals surface area contributed by atoms with Gasteiger partial charge in [-0.2, -0.15) is 13.2 Å². The fourth-order valence-corrected chi connectivity index (χ4v) is 2.52. The van der Waals surface area contributed by atoms with E-state index in [9.17, 15) is 22.0 Å². The second kappa shape index (κ2) is 5.08. The first-order valence-electron chi connectivity index (χ1n) is 5.76. The van der Waals surface area contributed by atoms with Gasteiger partial charge in [0.05, 0.1) is 12.0 Å². The maximum atomic E-state index is 13.1. The summed E-state index contributed by atoms with van der Waals surface area (Å²) in [6.07, 6.45) is -6.90. The highest BCUT2D eigenvalue weighted by molar-refractivity contribution is 4.93. The molecule has 0 aromatic rings. The van der Waals surface area contributed by atoms with E-state index in [0.717, 1.165) is 0 Å². The first-order chi connectivity index (χ1) is 7.69. The van der Waals surface area contributed by atoms with Crippen molar-refractivity contribution in [2.45, 2.75) is 39.3 Å². The van der Waals surface area contributed by atoms with E-state index >= 15 is 0 Å². The summed E-state index contributed by atoms with van der Waals surface area (Å²) in [5.41, 5.74) is -1.70. The van der Waals surface area contributed by atoms with Gasteiger partial charge in [-0.3, -0.25) is 4.90 Å². The van der Waals surface area contributed by atoms with Gasteiger partial charge in [0.1, 0.15) is 0 Å². The first kappa shape index (κ1) is 14.7. The summed E-state index contributed by atoms with van der Waals surface area (Å²) in [4.78, 5) is 1.41. The molecule has 0 unspecified atom stereocenters. The van der Waals surface area contributed by atoms with E-state index in [1.54, 1.807) is 13.8 Å². The Morgan fingerprint density at radius 1 is 1.12 bits per heavy atom. The van der Waals surface area contributed by atoms with Crippen LogP contribution in [0.1, 0.15) is 26.7 Å². The highest BCUT2D eigenvalue weighted by Gasteiger charge is 2.57. The van der Waals surface area contributed by atoms with E-state index in [4.69, 9.17) is 0 Å². The van der Waals surface area contributed by atoms with Crippen molar-refractivity contribution in [3.05, 3.63) is 0 Å². The van der Waals surface area contributed by atoms with Crippen molar-refractivity contribution in [2.24, 2.45) is 11.3 Å². The molecule has 0 bridgehead atoms. The lowest BCUT2D eigenvalue weighted by atomic mass is 9.69. The fraction of sp³-hybridized carbons (Fsp3) is 1.00. The van der Waals surface area contributed by atoms with E-state index < -0.39 is 30.5 Å². The molecule has 0 N–H and O–H groups in total. The Bertz CT molecular complexity index is 241. The van der Waals surface area contributed by atoms with Crippen LogP contribution in [0.15, 0.2) is 0 Å². The lowest BCUT2D eigenvalue weighted by Gasteiger charge is -2.45. The van der Waals surface area contributed by atoms with Crippen LogP contribution in [0.2, 0.25) is 0 Å². The molecule has 17 heavy (non-hydrogen) atoms. The Morgan fingerprint density at radius 2 is 1.59 bits per heavy atom. The lowest BCUT2D eigenvalue weighted by molar-refractivity contribution is -0.254. The van der Waals surface area contributed by atoms with Crippen LogP contribution in [0.25, 0.3) is 0 Å². The third-order valence-corrected chi connectivity index (χ3v) is 3.81. The number of likely N-dealkylation sites (tertiary alicyclic amines) is 1. The van der Waals surface area contributed by atoms with Gasteiger partial charge in [-0.05, 0) is 31.8 Å². The monoisotopic (exact) mass is 259 g/mol. The van der Waals surface area contributed by atoms with Gasteiger partial charge in [-0.25, -0.2) is 8.78 Å². The Balaban J connectivity index is 2.69. The molecule has 0 saturated carbocycles. The molecule has 0 aromatic heterocycles. The van der Waals surface area contributed by atoms with Crippen LogP contribution in [-0.4, -0.2) is 37.1 Å². The molecule has 1 fully saturated rings. The van der Waals surface area contributed by atoms with Gasteiger partial charge in [-0.15, -0.1) is 0 Å². The Morgan fingerprint density at radius 3 is 1.88 bits per heavy atom. The number of hydrogen-bond acceptors (Lipinski definition) is 1. The zero-order valence-corrected chi connectivity index (χ0v) is 10.0. The van der Waals surface area contributed by atoms with Crippen molar-refractivity contribution in [1.29, 1.82) is 0 Å². The maximum Gasteiger partial charge on any atom is 0.394 e. The normalized spacial score (nSPS) is 22.4. The molecule has 6 heteroatoms. The number of halogens is 5. The van der Waals surface area contributed by atoms with Gasteiger partial charge in [0.25, 0.3) is 6.43 Å². The Labute approximate surface area is 98.0 Å². The third kappa shape index (κ3) is 3.09. The maximum absolute atomic E-state index is 13.1. The summed E-state index contributed by atoms with van der Waals surface area (Å²) in [6, 6.07) is 0. The van der Waals surface area contributed by atoms with Crippen molar-refractivity contribution in [1.82, 2.24) is 4.90 Å². The van der Waals surface area contributed by atoms with Crippen LogP contribution in [0.5, 0.6) is 0 Å². The molecule has 1 aliphatic heterocycles. The summed E-state index contributed by atoms with van der Waals surface area (Å²) in [5, 5.41) is 0. The molecule has 102 valence electrons. The average Bonchev–Trinajstić information content (AvgIpc) is 2.15. The molecule has 0 atom stereocenters. The van der Waals surface area contributed by atoms with E-state index in [-0.39, 0.29) is 25.9 Å². The molecule has 0 spiro atoms. The standard InChI is InChI=1S/C11H18F5N/c1-8(2)10(11(14,15)16)3-5-17(6-4-10)7-9(12)13/h8-9H,3-7H2,1-2H3. The van der Waals surface area contributed by atoms with E-state index in [1.807, 2.05) is 0 Å². The SMILES string of the molecule is CC(C)C1(C(F)(F)F)CCN(CC(F)F)CC1. The summed E-state index contributed by atoms with van der Waals surface area (Å²) >= 11 is 0. The molecule has 0 aromatic carbocycles. The van der Waals surface area contributed by atoms with Gasteiger partial charge < -0.3 is 0 Å². The Kier molecular flexibility index (Phi) is 4.38. The molecule has 0 aliphatic carbocycles. The minimum absolute atomic E-state index is 0.0825. The molecule has 0 radical (unpaired) electrons. The second-order valence-electron chi connectivity index (χ2n) is 5.00. The van der Waals surface area contributed by atoms with Gasteiger partial charge in [0.15, 0.2) is 0 Å². The van der Waals surface area contributed by atoms with E-state index in [1.165, 1.54) is 4.90 Å². The van der Waals surface area contributed by atoms with Crippen molar-refractivity contribution in [3.8, 4) is 0 Å². The third-order valence-electron chi connectivity index (χ3n) is 3.81. The smallest absolute Gasteiger partial charge is 0.298 e. The second-order valence-corrected chi connectivity index (χ2v) is 5.00.